The maximum absolute atomic E-state index is 5.89. The Morgan fingerprint density at radius 3 is 2.75 bits per heavy atom. The van der Waals surface area contributed by atoms with Gasteiger partial charge in [-0.1, -0.05) is 33.6 Å². The Labute approximate surface area is 126 Å². The normalized spacial score (nSPS) is 20.7. The third-order valence-corrected chi connectivity index (χ3v) is 3.97. The fourth-order valence-corrected chi connectivity index (χ4v) is 2.84. The summed E-state index contributed by atoms with van der Waals surface area (Å²) in [6.45, 7) is 12.4. The molecule has 1 atom stereocenters. The number of hydrogen-bond donors (Lipinski definition) is 1. The van der Waals surface area contributed by atoms with Gasteiger partial charge in [0.15, 0.2) is 0 Å². The molecular weight excluding hydrogens is 248 g/mol. The lowest BCUT2D eigenvalue weighted by Gasteiger charge is -2.32. The van der Waals surface area contributed by atoms with Crippen LogP contribution in [0.15, 0.2) is 0 Å². The molecule has 1 N–H and O–H groups in total. The lowest BCUT2D eigenvalue weighted by atomic mass is 10.1. The quantitative estimate of drug-likeness (QED) is 0.588. The lowest BCUT2D eigenvalue weighted by molar-refractivity contribution is -0.000360. The minimum Gasteiger partial charge on any atom is -0.377 e. The molecule has 1 heterocycles. The molecule has 0 radical (unpaired) electrons. The maximum Gasteiger partial charge on any atom is 0.0702 e. The van der Waals surface area contributed by atoms with Gasteiger partial charge in [-0.25, -0.2) is 0 Å². The number of ether oxygens (including phenoxy) is 1. The number of nitrogens with one attached hydrogen (secondary N) is 1. The first kappa shape index (κ1) is 17.9. The molecule has 1 fully saturated rings. The van der Waals surface area contributed by atoms with E-state index in [1.54, 1.807) is 0 Å². The lowest BCUT2D eigenvalue weighted by Crippen LogP contribution is -2.40. The van der Waals surface area contributed by atoms with E-state index in [1.165, 1.54) is 58.2 Å². The SMILES string of the molecule is CCCOC1CCCN(CCCCCCNC(C)C)C1. The first-order valence-corrected chi connectivity index (χ1v) is 8.79. The van der Waals surface area contributed by atoms with Crippen molar-refractivity contribution in [2.75, 3.05) is 32.8 Å². The minimum absolute atomic E-state index is 0.499. The largest absolute Gasteiger partial charge is 0.377 e. The van der Waals surface area contributed by atoms with Crippen molar-refractivity contribution in [3.8, 4) is 0 Å². The topological polar surface area (TPSA) is 24.5 Å². The molecule has 0 aromatic carbocycles. The number of likely N-dealkylation sites (tertiary alicyclic amines) is 1. The molecule has 1 saturated heterocycles. The van der Waals surface area contributed by atoms with Crippen molar-refractivity contribution in [3.63, 3.8) is 0 Å². The Balaban J connectivity index is 1.95. The van der Waals surface area contributed by atoms with E-state index in [4.69, 9.17) is 4.74 Å². The molecule has 3 heteroatoms. The van der Waals surface area contributed by atoms with Gasteiger partial charge in [0, 0.05) is 19.2 Å². The van der Waals surface area contributed by atoms with E-state index in [-0.39, 0.29) is 0 Å². The van der Waals surface area contributed by atoms with Crippen molar-refractivity contribution >= 4 is 0 Å². The second-order valence-electron chi connectivity index (χ2n) is 6.46. The van der Waals surface area contributed by atoms with Gasteiger partial charge in [-0.3, -0.25) is 0 Å². The zero-order valence-corrected chi connectivity index (χ0v) is 14.0. The second kappa shape index (κ2) is 11.5. The zero-order valence-electron chi connectivity index (χ0n) is 14.0. The number of rotatable bonds is 11. The summed E-state index contributed by atoms with van der Waals surface area (Å²) in [5.41, 5.74) is 0. The van der Waals surface area contributed by atoms with Crippen LogP contribution in [0.25, 0.3) is 0 Å². The number of nitrogens with zero attached hydrogens (tertiary/aromatic N) is 1. The second-order valence-corrected chi connectivity index (χ2v) is 6.46. The Bertz CT molecular complexity index is 221. The van der Waals surface area contributed by atoms with E-state index >= 15 is 0 Å². The van der Waals surface area contributed by atoms with Crippen LogP contribution in [-0.2, 0) is 4.74 Å². The molecular formula is C17H36N2O. The van der Waals surface area contributed by atoms with Gasteiger partial charge >= 0.3 is 0 Å². The van der Waals surface area contributed by atoms with Crippen molar-refractivity contribution < 1.29 is 4.74 Å². The van der Waals surface area contributed by atoms with Crippen molar-refractivity contribution in [1.82, 2.24) is 10.2 Å². The van der Waals surface area contributed by atoms with Gasteiger partial charge in [-0.2, -0.15) is 0 Å². The smallest absolute Gasteiger partial charge is 0.0702 e. The summed E-state index contributed by atoms with van der Waals surface area (Å²) in [6, 6.07) is 0.628. The summed E-state index contributed by atoms with van der Waals surface area (Å²) in [5, 5.41) is 3.48. The maximum atomic E-state index is 5.89. The van der Waals surface area contributed by atoms with E-state index in [0.717, 1.165) is 19.6 Å². The number of piperidine rings is 1. The first-order valence-electron chi connectivity index (χ1n) is 8.79. The Hall–Kier alpha value is -0.120. The van der Waals surface area contributed by atoms with Gasteiger partial charge in [-0.15, -0.1) is 0 Å². The third-order valence-electron chi connectivity index (χ3n) is 3.97. The molecule has 0 saturated carbocycles. The zero-order chi connectivity index (χ0) is 14.6. The van der Waals surface area contributed by atoms with Crippen molar-refractivity contribution in [2.24, 2.45) is 0 Å². The highest BCUT2D eigenvalue weighted by Gasteiger charge is 2.19. The van der Waals surface area contributed by atoms with Crippen LogP contribution in [0.2, 0.25) is 0 Å². The molecule has 1 aliphatic heterocycles. The summed E-state index contributed by atoms with van der Waals surface area (Å²) < 4.78 is 5.89. The van der Waals surface area contributed by atoms with Gasteiger partial charge in [0.05, 0.1) is 6.10 Å². The highest BCUT2D eigenvalue weighted by atomic mass is 16.5. The molecule has 120 valence electrons. The molecule has 0 aromatic heterocycles. The molecule has 0 aromatic rings. The van der Waals surface area contributed by atoms with Gasteiger partial charge in [0.1, 0.15) is 0 Å². The third kappa shape index (κ3) is 8.93. The average Bonchev–Trinajstić information content (AvgIpc) is 2.44. The van der Waals surface area contributed by atoms with Crippen LogP contribution in [-0.4, -0.2) is 49.8 Å². The predicted molar refractivity (Wildman–Crippen MR) is 87.3 cm³/mol. The molecule has 1 unspecified atom stereocenters. The molecule has 20 heavy (non-hydrogen) atoms. The van der Waals surface area contributed by atoms with Crippen LogP contribution in [0.3, 0.4) is 0 Å². The highest BCUT2D eigenvalue weighted by molar-refractivity contribution is 4.73. The Morgan fingerprint density at radius 2 is 2.00 bits per heavy atom. The first-order chi connectivity index (χ1) is 9.72. The summed E-state index contributed by atoms with van der Waals surface area (Å²) in [7, 11) is 0. The van der Waals surface area contributed by atoms with Gasteiger partial charge in [-0.05, 0) is 51.7 Å². The van der Waals surface area contributed by atoms with Crippen molar-refractivity contribution in [1.29, 1.82) is 0 Å². The minimum atomic E-state index is 0.499. The number of unbranched alkanes of at least 4 members (excludes halogenated alkanes) is 3. The summed E-state index contributed by atoms with van der Waals surface area (Å²) in [4.78, 5) is 2.61. The van der Waals surface area contributed by atoms with Crippen LogP contribution < -0.4 is 5.32 Å². The van der Waals surface area contributed by atoms with Crippen LogP contribution in [0, 0.1) is 0 Å². The van der Waals surface area contributed by atoms with E-state index in [1.807, 2.05) is 0 Å². The Morgan fingerprint density at radius 1 is 1.20 bits per heavy atom. The molecule has 3 nitrogen and oxygen atoms in total. The van der Waals surface area contributed by atoms with Crippen molar-refractivity contribution in [2.45, 2.75) is 77.9 Å². The molecule has 1 aliphatic rings. The molecule has 0 spiro atoms. The Kier molecular flexibility index (Phi) is 10.3. The highest BCUT2D eigenvalue weighted by Crippen LogP contribution is 2.14. The van der Waals surface area contributed by atoms with Gasteiger partial charge < -0.3 is 15.0 Å². The molecule has 0 aliphatic carbocycles. The number of hydrogen-bond acceptors (Lipinski definition) is 3. The van der Waals surface area contributed by atoms with E-state index in [0.29, 0.717) is 12.1 Å². The standard InChI is InChI=1S/C17H36N2O/c1-4-14-20-17-10-9-13-19(15-17)12-8-6-5-7-11-18-16(2)3/h16-18H,4-15H2,1-3H3. The van der Waals surface area contributed by atoms with E-state index < -0.39 is 0 Å². The summed E-state index contributed by atoms with van der Waals surface area (Å²) in [5.74, 6) is 0. The van der Waals surface area contributed by atoms with E-state index in [2.05, 4.69) is 31.0 Å². The van der Waals surface area contributed by atoms with Crippen molar-refractivity contribution in [3.05, 3.63) is 0 Å². The fourth-order valence-electron chi connectivity index (χ4n) is 2.84. The monoisotopic (exact) mass is 284 g/mol. The van der Waals surface area contributed by atoms with Crippen LogP contribution in [0.1, 0.15) is 65.7 Å². The average molecular weight is 284 g/mol. The van der Waals surface area contributed by atoms with Gasteiger partial charge in [0.2, 0.25) is 0 Å². The molecule has 0 bridgehead atoms. The van der Waals surface area contributed by atoms with Crippen LogP contribution in [0.4, 0.5) is 0 Å². The summed E-state index contributed by atoms with van der Waals surface area (Å²) in [6.07, 6.45) is 9.62. The predicted octanol–water partition coefficient (Wildman–Crippen LogP) is 3.44. The van der Waals surface area contributed by atoms with E-state index in [9.17, 15) is 0 Å². The summed E-state index contributed by atoms with van der Waals surface area (Å²) >= 11 is 0. The fraction of sp³-hybridized carbons (Fsp3) is 1.00. The van der Waals surface area contributed by atoms with Crippen LogP contribution >= 0.6 is 0 Å². The van der Waals surface area contributed by atoms with Crippen LogP contribution in [0.5, 0.6) is 0 Å². The molecule has 0 amide bonds. The molecule has 1 rings (SSSR count). The van der Waals surface area contributed by atoms with Gasteiger partial charge in [0.25, 0.3) is 0 Å².